The number of amides is 1. The smallest absolute Gasteiger partial charge is 0.251 e. The van der Waals surface area contributed by atoms with E-state index in [4.69, 9.17) is 0 Å². The molecule has 0 aliphatic heterocycles. The Morgan fingerprint density at radius 1 is 0.955 bits per heavy atom. The zero-order valence-corrected chi connectivity index (χ0v) is 12.8. The van der Waals surface area contributed by atoms with Crippen molar-refractivity contribution < 1.29 is 9.59 Å². The summed E-state index contributed by atoms with van der Waals surface area (Å²) in [7, 11) is 0. The third-order valence-electron chi connectivity index (χ3n) is 3.51. The van der Waals surface area contributed by atoms with E-state index in [1.165, 1.54) is 0 Å². The van der Waals surface area contributed by atoms with Crippen LogP contribution in [-0.2, 0) is 11.2 Å². The molecule has 0 fully saturated rings. The Morgan fingerprint density at radius 3 is 2.14 bits per heavy atom. The van der Waals surface area contributed by atoms with Gasteiger partial charge in [0.1, 0.15) is 0 Å². The van der Waals surface area contributed by atoms with Crippen molar-refractivity contribution in [3.8, 4) is 0 Å². The van der Waals surface area contributed by atoms with Crippen LogP contribution >= 0.6 is 0 Å². The summed E-state index contributed by atoms with van der Waals surface area (Å²) in [6, 6.07) is 18.3. The van der Waals surface area contributed by atoms with Crippen LogP contribution < -0.4 is 5.32 Å². The number of carbonyl (C=O) groups excluding carboxylic acids is 2. The van der Waals surface area contributed by atoms with Crippen LogP contribution in [0.25, 0.3) is 0 Å². The highest BCUT2D eigenvalue weighted by Crippen LogP contribution is 2.08. The van der Waals surface area contributed by atoms with Gasteiger partial charge in [0.25, 0.3) is 5.91 Å². The summed E-state index contributed by atoms with van der Waals surface area (Å²) >= 11 is 0. The largest absolute Gasteiger partial charge is 0.342 e. The lowest BCUT2D eigenvalue weighted by Gasteiger charge is -2.18. The maximum Gasteiger partial charge on any atom is 0.251 e. The first-order valence-electron chi connectivity index (χ1n) is 7.63. The molecule has 0 saturated heterocycles. The molecule has 0 aromatic heterocycles. The Labute approximate surface area is 131 Å². The minimum Gasteiger partial charge on any atom is -0.342 e. The van der Waals surface area contributed by atoms with Gasteiger partial charge in [0, 0.05) is 12.0 Å². The molecule has 0 bridgehead atoms. The second-order valence-corrected chi connectivity index (χ2v) is 5.30. The van der Waals surface area contributed by atoms with Crippen LogP contribution in [0.2, 0.25) is 0 Å². The van der Waals surface area contributed by atoms with Crippen molar-refractivity contribution in [2.75, 3.05) is 0 Å². The Morgan fingerprint density at radius 2 is 1.55 bits per heavy atom. The van der Waals surface area contributed by atoms with Gasteiger partial charge in [-0.1, -0.05) is 55.5 Å². The fourth-order valence-electron chi connectivity index (χ4n) is 2.35. The van der Waals surface area contributed by atoms with E-state index < -0.39 is 6.04 Å². The molecule has 0 aliphatic carbocycles. The van der Waals surface area contributed by atoms with Crippen LogP contribution in [0.4, 0.5) is 0 Å². The molecular formula is C19H21NO2. The Balaban J connectivity index is 2.11. The standard InChI is InChI=1S/C19H21NO2/c1-2-9-18(21)17(14-15-10-5-3-6-11-15)20-19(22)16-12-7-4-8-13-16/h3-8,10-13,17H,2,9,14H2,1H3,(H,20,22)/t17-/m0/s1. The maximum absolute atomic E-state index is 12.3. The second kappa shape index (κ2) is 8.13. The van der Waals surface area contributed by atoms with Gasteiger partial charge in [-0.25, -0.2) is 0 Å². The van der Waals surface area contributed by atoms with Crippen LogP contribution in [0.3, 0.4) is 0 Å². The summed E-state index contributed by atoms with van der Waals surface area (Å²) in [4.78, 5) is 24.6. The SMILES string of the molecule is CCCC(=O)[C@H](Cc1ccccc1)NC(=O)c1ccccc1. The van der Waals surface area contributed by atoms with Crippen molar-refractivity contribution in [1.29, 1.82) is 0 Å². The molecule has 3 nitrogen and oxygen atoms in total. The lowest BCUT2D eigenvalue weighted by atomic mass is 9.99. The zero-order valence-electron chi connectivity index (χ0n) is 12.8. The Kier molecular flexibility index (Phi) is 5.90. The number of ketones is 1. The van der Waals surface area contributed by atoms with Gasteiger partial charge in [0.2, 0.25) is 0 Å². The number of rotatable bonds is 7. The van der Waals surface area contributed by atoms with Crippen molar-refractivity contribution in [2.24, 2.45) is 0 Å². The summed E-state index contributed by atoms with van der Waals surface area (Å²) in [5, 5.41) is 2.88. The minimum atomic E-state index is -0.477. The molecule has 22 heavy (non-hydrogen) atoms. The predicted octanol–water partition coefficient (Wildman–Crippen LogP) is 3.40. The van der Waals surface area contributed by atoms with Crippen LogP contribution in [0.15, 0.2) is 60.7 Å². The van der Waals surface area contributed by atoms with E-state index in [0.29, 0.717) is 18.4 Å². The first-order chi connectivity index (χ1) is 10.7. The highest BCUT2D eigenvalue weighted by Gasteiger charge is 2.20. The molecule has 0 radical (unpaired) electrons. The summed E-state index contributed by atoms with van der Waals surface area (Å²) in [6.07, 6.45) is 1.79. The van der Waals surface area contributed by atoms with Crippen molar-refractivity contribution in [3.05, 3.63) is 71.8 Å². The van der Waals surface area contributed by atoms with Crippen molar-refractivity contribution in [1.82, 2.24) is 5.32 Å². The minimum absolute atomic E-state index is 0.0793. The van der Waals surface area contributed by atoms with Crippen molar-refractivity contribution in [3.63, 3.8) is 0 Å². The molecule has 1 atom stereocenters. The van der Waals surface area contributed by atoms with Gasteiger partial charge in [0.05, 0.1) is 6.04 Å². The fourth-order valence-corrected chi connectivity index (χ4v) is 2.35. The number of carbonyl (C=O) groups is 2. The van der Waals surface area contributed by atoms with E-state index in [9.17, 15) is 9.59 Å². The quantitative estimate of drug-likeness (QED) is 0.851. The van der Waals surface area contributed by atoms with Crippen LogP contribution in [-0.4, -0.2) is 17.7 Å². The number of hydrogen-bond acceptors (Lipinski definition) is 2. The number of hydrogen-bond donors (Lipinski definition) is 1. The molecule has 2 rings (SSSR count). The van der Waals surface area contributed by atoms with Gasteiger partial charge in [-0.15, -0.1) is 0 Å². The first kappa shape index (κ1) is 16.0. The van der Waals surface area contributed by atoms with Gasteiger partial charge >= 0.3 is 0 Å². The van der Waals surface area contributed by atoms with E-state index >= 15 is 0 Å². The van der Waals surface area contributed by atoms with Gasteiger partial charge in [-0.3, -0.25) is 9.59 Å². The molecule has 0 unspecified atom stereocenters. The lowest BCUT2D eigenvalue weighted by Crippen LogP contribution is -2.42. The molecule has 0 heterocycles. The topological polar surface area (TPSA) is 46.2 Å². The second-order valence-electron chi connectivity index (χ2n) is 5.30. The van der Waals surface area contributed by atoms with Gasteiger partial charge in [0.15, 0.2) is 5.78 Å². The van der Waals surface area contributed by atoms with E-state index in [1.807, 2.05) is 55.5 Å². The number of Topliss-reactive ketones (excluding diaryl/α,β-unsaturated/α-hetero) is 1. The maximum atomic E-state index is 12.3. The average Bonchev–Trinajstić information content (AvgIpc) is 2.56. The summed E-state index contributed by atoms with van der Waals surface area (Å²) < 4.78 is 0. The molecule has 114 valence electrons. The van der Waals surface area contributed by atoms with Crippen LogP contribution in [0.5, 0.6) is 0 Å². The van der Waals surface area contributed by atoms with E-state index in [0.717, 1.165) is 12.0 Å². The third kappa shape index (κ3) is 4.55. The third-order valence-corrected chi connectivity index (χ3v) is 3.51. The Bertz CT molecular complexity index is 608. The monoisotopic (exact) mass is 295 g/mol. The Hall–Kier alpha value is -2.42. The van der Waals surface area contributed by atoms with E-state index in [1.54, 1.807) is 12.1 Å². The van der Waals surface area contributed by atoms with Crippen LogP contribution in [0, 0.1) is 0 Å². The zero-order chi connectivity index (χ0) is 15.8. The van der Waals surface area contributed by atoms with Gasteiger partial charge in [-0.2, -0.15) is 0 Å². The van der Waals surface area contributed by atoms with Crippen molar-refractivity contribution >= 4 is 11.7 Å². The molecule has 1 N–H and O–H groups in total. The molecule has 0 spiro atoms. The summed E-state index contributed by atoms with van der Waals surface area (Å²) in [5.41, 5.74) is 1.62. The van der Waals surface area contributed by atoms with Gasteiger partial charge < -0.3 is 5.32 Å². The molecular weight excluding hydrogens is 274 g/mol. The lowest BCUT2D eigenvalue weighted by molar-refractivity contribution is -0.120. The van der Waals surface area contributed by atoms with Gasteiger partial charge in [-0.05, 0) is 30.5 Å². The molecule has 2 aromatic rings. The molecule has 2 aromatic carbocycles. The molecule has 0 saturated carbocycles. The normalized spacial score (nSPS) is 11.7. The molecule has 1 amide bonds. The van der Waals surface area contributed by atoms with E-state index in [2.05, 4.69) is 5.32 Å². The van der Waals surface area contributed by atoms with Crippen LogP contribution in [0.1, 0.15) is 35.7 Å². The highest BCUT2D eigenvalue weighted by molar-refractivity contribution is 5.98. The average molecular weight is 295 g/mol. The molecule has 0 aliphatic rings. The summed E-state index contributed by atoms with van der Waals surface area (Å²) in [5.74, 6) is -0.124. The fraction of sp³-hybridized carbons (Fsp3) is 0.263. The number of benzene rings is 2. The van der Waals surface area contributed by atoms with E-state index in [-0.39, 0.29) is 11.7 Å². The summed E-state index contributed by atoms with van der Waals surface area (Å²) in [6.45, 7) is 1.97. The first-order valence-corrected chi connectivity index (χ1v) is 7.63. The highest BCUT2D eigenvalue weighted by atomic mass is 16.2. The molecule has 3 heteroatoms. The number of nitrogens with one attached hydrogen (secondary N) is 1. The van der Waals surface area contributed by atoms with Crippen molar-refractivity contribution in [2.45, 2.75) is 32.2 Å². The predicted molar refractivity (Wildman–Crippen MR) is 87.8 cm³/mol.